The summed E-state index contributed by atoms with van der Waals surface area (Å²) < 4.78 is 14.6. The molecule has 0 aliphatic rings. The highest BCUT2D eigenvalue weighted by molar-refractivity contribution is 6.04. The number of nitrogens with zero attached hydrogens (tertiary/aromatic N) is 2. The first-order chi connectivity index (χ1) is 8.06. The van der Waals surface area contributed by atoms with E-state index in [1.807, 2.05) is 0 Å². The fraction of sp³-hybridized carbons (Fsp3) is 0.167. The van der Waals surface area contributed by atoms with Crippen LogP contribution in [-0.4, -0.2) is 15.7 Å². The van der Waals surface area contributed by atoms with Gasteiger partial charge in [0.15, 0.2) is 0 Å². The van der Waals surface area contributed by atoms with Gasteiger partial charge in [0.05, 0.1) is 11.4 Å². The van der Waals surface area contributed by atoms with E-state index >= 15 is 0 Å². The Bertz CT molecular complexity index is 563. The van der Waals surface area contributed by atoms with Crippen molar-refractivity contribution in [1.29, 1.82) is 0 Å². The molecule has 5 heteroatoms. The third-order valence-corrected chi connectivity index (χ3v) is 2.35. The molecule has 0 radical (unpaired) electrons. The summed E-state index contributed by atoms with van der Waals surface area (Å²) in [6, 6.07) is 5.55. The predicted octanol–water partition coefficient (Wildman–Crippen LogP) is 2.12. The summed E-state index contributed by atoms with van der Waals surface area (Å²) in [5.41, 5.74) is 1.63. The number of halogens is 1. The number of amides is 1. The highest BCUT2D eigenvalue weighted by atomic mass is 19.1. The molecular formula is C12H12FN3O. The molecular weight excluding hydrogens is 221 g/mol. The van der Waals surface area contributed by atoms with E-state index in [0.717, 1.165) is 5.69 Å². The SMILES string of the molecule is Cc1nn(C)cc1NC(=O)c1cccc(F)c1. The van der Waals surface area contributed by atoms with Crippen molar-refractivity contribution in [2.75, 3.05) is 5.32 Å². The Hall–Kier alpha value is -2.17. The standard InChI is InChI=1S/C12H12FN3O/c1-8-11(7-16(2)15-8)14-12(17)9-4-3-5-10(13)6-9/h3-7H,1-2H3,(H,14,17). The largest absolute Gasteiger partial charge is 0.319 e. The summed E-state index contributed by atoms with van der Waals surface area (Å²) in [5, 5.41) is 6.79. The maximum Gasteiger partial charge on any atom is 0.255 e. The lowest BCUT2D eigenvalue weighted by molar-refractivity contribution is 0.102. The number of rotatable bonds is 2. The van der Waals surface area contributed by atoms with Gasteiger partial charge < -0.3 is 5.32 Å². The molecule has 2 aromatic rings. The van der Waals surface area contributed by atoms with Crippen LogP contribution >= 0.6 is 0 Å². The minimum atomic E-state index is -0.430. The smallest absolute Gasteiger partial charge is 0.255 e. The van der Waals surface area contributed by atoms with Crippen LogP contribution in [0.15, 0.2) is 30.5 Å². The van der Waals surface area contributed by atoms with Crippen LogP contribution < -0.4 is 5.32 Å². The zero-order chi connectivity index (χ0) is 12.4. The summed E-state index contributed by atoms with van der Waals surface area (Å²) >= 11 is 0. The Balaban J connectivity index is 2.20. The second-order valence-electron chi connectivity index (χ2n) is 3.77. The predicted molar refractivity (Wildman–Crippen MR) is 62.3 cm³/mol. The summed E-state index contributed by atoms with van der Waals surface area (Å²) in [7, 11) is 1.77. The van der Waals surface area contributed by atoms with E-state index in [2.05, 4.69) is 10.4 Å². The number of benzene rings is 1. The number of carbonyl (C=O) groups is 1. The molecule has 88 valence electrons. The maximum absolute atomic E-state index is 13.0. The van der Waals surface area contributed by atoms with Gasteiger partial charge in [-0.2, -0.15) is 5.10 Å². The van der Waals surface area contributed by atoms with E-state index in [-0.39, 0.29) is 11.5 Å². The Labute approximate surface area is 98.1 Å². The molecule has 0 saturated heterocycles. The molecule has 4 nitrogen and oxygen atoms in total. The quantitative estimate of drug-likeness (QED) is 0.863. The highest BCUT2D eigenvalue weighted by Crippen LogP contribution is 2.13. The lowest BCUT2D eigenvalue weighted by atomic mass is 10.2. The number of nitrogens with one attached hydrogen (secondary N) is 1. The van der Waals surface area contributed by atoms with E-state index in [9.17, 15) is 9.18 Å². The summed E-state index contributed by atoms with van der Waals surface area (Å²) in [4.78, 5) is 11.8. The van der Waals surface area contributed by atoms with E-state index < -0.39 is 5.82 Å². The Morgan fingerprint density at radius 2 is 2.24 bits per heavy atom. The lowest BCUT2D eigenvalue weighted by Crippen LogP contribution is -2.12. The molecule has 0 atom stereocenters. The molecule has 1 amide bonds. The van der Waals surface area contributed by atoms with Gasteiger partial charge in [-0.05, 0) is 25.1 Å². The minimum Gasteiger partial charge on any atom is -0.319 e. The Morgan fingerprint density at radius 1 is 1.47 bits per heavy atom. The van der Waals surface area contributed by atoms with E-state index in [4.69, 9.17) is 0 Å². The van der Waals surface area contributed by atoms with Gasteiger partial charge in [0.25, 0.3) is 5.91 Å². The van der Waals surface area contributed by atoms with Crippen molar-refractivity contribution in [2.45, 2.75) is 6.92 Å². The van der Waals surface area contributed by atoms with Gasteiger partial charge in [-0.3, -0.25) is 9.48 Å². The van der Waals surface area contributed by atoms with Crippen LogP contribution in [0.5, 0.6) is 0 Å². The maximum atomic E-state index is 13.0. The molecule has 0 spiro atoms. The van der Waals surface area contributed by atoms with Gasteiger partial charge in [-0.25, -0.2) is 4.39 Å². The van der Waals surface area contributed by atoms with E-state index in [1.165, 1.54) is 18.2 Å². The normalized spacial score (nSPS) is 10.3. The molecule has 2 rings (SSSR count). The van der Waals surface area contributed by atoms with Crippen LogP contribution in [0.3, 0.4) is 0 Å². The summed E-state index contributed by atoms with van der Waals surface area (Å²) in [6.45, 7) is 1.79. The lowest BCUT2D eigenvalue weighted by Gasteiger charge is -2.03. The Morgan fingerprint density at radius 3 is 2.82 bits per heavy atom. The fourth-order valence-electron chi connectivity index (χ4n) is 1.55. The molecule has 0 aliphatic carbocycles. The minimum absolute atomic E-state index is 0.285. The third-order valence-electron chi connectivity index (χ3n) is 2.35. The van der Waals surface area contributed by atoms with Gasteiger partial charge in [0.2, 0.25) is 0 Å². The van der Waals surface area contributed by atoms with Crippen LogP contribution in [0.1, 0.15) is 16.1 Å². The molecule has 0 unspecified atom stereocenters. The molecule has 0 saturated carbocycles. The summed E-state index contributed by atoms with van der Waals surface area (Å²) in [5.74, 6) is -0.777. The monoisotopic (exact) mass is 233 g/mol. The number of aromatic nitrogens is 2. The van der Waals surface area contributed by atoms with Gasteiger partial charge in [0, 0.05) is 18.8 Å². The van der Waals surface area contributed by atoms with Gasteiger partial charge in [-0.15, -0.1) is 0 Å². The first-order valence-corrected chi connectivity index (χ1v) is 5.13. The van der Waals surface area contributed by atoms with Crippen molar-refractivity contribution in [3.05, 3.63) is 47.5 Å². The van der Waals surface area contributed by atoms with Crippen molar-refractivity contribution >= 4 is 11.6 Å². The topological polar surface area (TPSA) is 46.9 Å². The van der Waals surface area contributed by atoms with Gasteiger partial charge in [-0.1, -0.05) is 6.07 Å². The number of carbonyl (C=O) groups excluding carboxylic acids is 1. The van der Waals surface area contributed by atoms with E-state index in [0.29, 0.717) is 5.69 Å². The van der Waals surface area contributed by atoms with Gasteiger partial charge >= 0.3 is 0 Å². The molecule has 1 N–H and O–H groups in total. The van der Waals surface area contributed by atoms with Crippen LogP contribution in [0.4, 0.5) is 10.1 Å². The molecule has 0 fully saturated rings. The van der Waals surface area contributed by atoms with Crippen LogP contribution in [0, 0.1) is 12.7 Å². The second kappa shape index (κ2) is 4.37. The third kappa shape index (κ3) is 2.50. The molecule has 1 aromatic carbocycles. The molecule has 0 bridgehead atoms. The second-order valence-corrected chi connectivity index (χ2v) is 3.77. The van der Waals surface area contributed by atoms with Crippen LogP contribution in [-0.2, 0) is 7.05 Å². The number of aryl methyl sites for hydroxylation is 2. The Kier molecular flexibility index (Phi) is 2.91. The van der Waals surface area contributed by atoms with Crippen molar-refractivity contribution in [2.24, 2.45) is 7.05 Å². The zero-order valence-electron chi connectivity index (χ0n) is 9.57. The number of hydrogen-bond acceptors (Lipinski definition) is 2. The average molecular weight is 233 g/mol. The first-order valence-electron chi connectivity index (χ1n) is 5.13. The first kappa shape index (κ1) is 11.3. The van der Waals surface area contributed by atoms with E-state index in [1.54, 1.807) is 30.9 Å². The highest BCUT2D eigenvalue weighted by Gasteiger charge is 2.10. The number of anilines is 1. The average Bonchev–Trinajstić information content (AvgIpc) is 2.57. The molecule has 1 aromatic heterocycles. The van der Waals surface area contributed by atoms with Gasteiger partial charge in [0.1, 0.15) is 5.82 Å². The fourth-order valence-corrected chi connectivity index (χ4v) is 1.55. The molecule has 1 heterocycles. The van der Waals surface area contributed by atoms with Crippen molar-refractivity contribution in [3.8, 4) is 0 Å². The van der Waals surface area contributed by atoms with Crippen molar-refractivity contribution < 1.29 is 9.18 Å². The number of hydrogen-bond donors (Lipinski definition) is 1. The van der Waals surface area contributed by atoms with Crippen molar-refractivity contribution in [1.82, 2.24) is 9.78 Å². The summed E-state index contributed by atoms with van der Waals surface area (Å²) in [6.07, 6.45) is 1.70. The zero-order valence-corrected chi connectivity index (χ0v) is 9.57. The van der Waals surface area contributed by atoms with Crippen LogP contribution in [0.25, 0.3) is 0 Å². The molecule has 0 aliphatic heterocycles. The molecule has 17 heavy (non-hydrogen) atoms. The van der Waals surface area contributed by atoms with Crippen molar-refractivity contribution in [3.63, 3.8) is 0 Å². The van der Waals surface area contributed by atoms with Crippen LogP contribution in [0.2, 0.25) is 0 Å².